The maximum atomic E-state index is 12.0. The van der Waals surface area contributed by atoms with E-state index in [1.807, 2.05) is 12.1 Å². The lowest BCUT2D eigenvalue weighted by Gasteiger charge is -2.44. The molecular formula is C21H32N2O2Si. The van der Waals surface area contributed by atoms with Gasteiger partial charge in [0.15, 0.2) is 8.24 Å². The van der Waals surface area contributed by atoms with E-state index in [9.17, 15) is 4.79 Å². The highest BCUT2D eigenvalue weighted by Gasteiger charge is 2.44. The van der Waals surface area contributed by atoms with E-state index in [-0.39, 0.29) is 5.97 Å². The van der Waals surface area contributed by atoms with Crippen LogP contribution in [-0.2, 0) is 4.74 Å². The van der Waals surface area contributed by atoms with Gasteiger partial charge in [-0.25, -0.2) is 9.78 Å². The van der Waals surface area contributed by atoms with E-state index in [4.69, 9.17) is 4.74 Å². The van der Waals surface area contributed by atoms with Crippen LogP contribution in [0.2, 0.25) is 16.6 Å². The minimum atomic E-state index is -1.77. The van der Waals surface area contributed by atoms with Crippen molar-refractivity contribution in [3.8, 4) is 11.3 Å². The summed E-state index contributed by atoms with van der Waals surface area (Å²) in [5.74, 6) is -0.371. The van der Waals surface area contributed by atoms with Crippen molar-refractivity contribution in [2.24, 2.45) is 0 Å². The average Bonchev–Trinajstić information content (AvgIpc) is 3.04. The molecule has 0 saturated carbocycles. The van der Waals surface area contributed by atoms with Crippen molar-refractivity contribution in [1.29, 1.82) is 0 Å². The van der Waals surface area contributed by atoms with E-state index in [1.165, 1.54) is 0 Å². The number of carbonyl (C=O) groups is 1. The van der Waals surface area contributed by atoms with Gasteiger partial charge in [0.2, 0.25) is 0 Å². The number of hydrogen-bond acceptors (Lipinski definition) is 3. The molecule has 4 nitrogen and oxygen atoms in total. The molecule has 0 N–H and O–H groups in total. The molecule has 0 fully saturated rings. The van der Waals surface area contributed by atoms with Gasteiger partial charge in [0.25, 0.3) is 0 Å². The Morgan fingerprint density at radius 2 is 1.69 bits per heavy atom. The van der Waals surface area contributed by atoms with Gasteiger partial charge in [0.1, 0.15) is 5.69 Å². The number of ether oxygens (including phenoxy) is 1. The number of aromatic nitrogens is 2. The number of pyridine rings is 1. The van der Waals surface area contributed by atoms with Crippen LogP contribution in [0.5, 0.6) is 0 Å². The Kier molecular flexibility index (Phi) is 6.45. The lowest BCUT2D eigenvalue weighted by atomic mass is 10.2. The highest BCUT2D eigenvalue weighted by atomic mass is 28.3. The first-order chi connectivity index (χ1) is 12.2. The zero-order chi connectivity index (χ0) is 19.5. The van der Waals surface area contributed by atoms with E-state index < -0.39 is 8.24 Å². The molecular weight excluding hydrogens is 340 g/mol. The molecule has 0 spiro atoms. The van der Waals surface area contributed by atoms with Crippen LogP contribution in [-0.4, -0.2) is 30.0 Å². The smallest absolute Gasteiger partial charge is 0.356 e. The molecule has 2 aromatic heterocycles. The fraction of sp³-hybridized carbons (Fsp3) is 0.524. The Hall–Kier alpha value is -1.88. The molecule has 26 heavy (non-hydrogen) atoms. The van der Waals surface area contributed by atoms with Crippen molar-refractivity contribution >= 4 is 14.2 Å². The molecule has 142 valence electrons. The summed E-state index contributed by atoms with van der Waals surface area (Å²) in [7, 11) is -1.77. The van der Waals surface area contributed by atoms with Crippen LogP contribution in [0.25, 0.3) is 11.3 Å². The van der Waals surface area contributed by atoms with Crippen LogP contribution >= 0.6 is 0 Å². The summed E-state index contributed by atoms with van der Waals surface area (Å²) < 4.78 is 7.56. The molecule has 0 radical (unpaired) electrons. The van der Waals surface area contributed by atoms with Crippen molar-refractivity contribution in [3.05, 3.63) is 42.4 Å². The Morgan fingerprint density at radius 1 is 1.08 bits per heavy atom. The van der Waals surface area contributed by atoms with Gasteiger partial charge >= 0.3 is 5.97 Å². The molecule has 0 aromatic carbocycles. The largest absolute Gasteiger partial charge is 0.461 e. The summed E-state index contributed by atoms with van der Waals surface area (Å²) in [6, 6.07) is 7.63. The molecule has 0 aliphatic heterocycles. The van der Waals surface area contributed by atoms with Gasteiger partial charge in [-0.1, -0.05) is 47.6 Å². The van der Waals surface area contributed by atoms with Gasteiger partial charge in [-0.3, -0.25) is 0 Å². The van der Waals surface area contributed by atoms with Crippen LogP contribution < -0.4 is 0 Å². The lowest BCUT2D eigenvalue weighted by molar-refractivity contribution is 0.0519. The topological polar surface area (TPSA) is 44.1 Å². The second-order valence-electron chi connectivity index (χ2n) is 7.79. The van der Waals surface area contributed by atoms with Crippen LogP contribution in [0.15, 0.2) is 36.7 Å². The Morgan fingerprint density at radius 3 is 2.23 bits per heavy atom. The summed E-state index contributed by atoms with van der Waals surface area (Å²) in [5, 5.41) is 0. The highest BCUT2D eigenvalue weighted by molar-refractivity contribution is 6.82. The SMILES string of the molecule is CCOC(=O)c1cccc(-c2ccn([Si](C(C)C)(C(C)C)C(C)C)c2)n1. The third-order valence-corrected chi connectivity index (χ3v) is 12.2. The molecule has 0 atom stereocenters. The molecule has 0 unspecified atom stereocenters. The van der Waals surface area contributed by atoms with E-state index in [2.05, 4.69) is 69.2 Å². The van der Waals surface area contributed by atoms with Crippen LogP contribution in [0, 0.1) is 0 Å². The summed E-state index contributed by atoms with van der Waals surface area (Å²) in [4.78, 5) is 16.5. The Balaban J connectivity index is 2.46. The predicted octanol–water partition coefficient (Wildman–Crippen LogP) is 5.75. The predicted molar refractivity (Wildman–Crippen MR) is 110 cm³/mol. The Labute approximate surface area is 158 Å². The summed E-state index contributed by atoms with van der Waals surface area (Å²) in [5.41, 5.74) is 4.10. The zero-order valence-electron chi connectivity index (χ0n) is 17.1. The van der Waals surface area contributed by atoms with Crippen molar-refractivity contribution in [1.82, 2.24) is 9.22 Å². The minimum Gasteiger partial charge on any atom is -0.461 e. The molecule has 0 aliphatic carbocycles. The highest BCUT2D eigenvalue weighted by Crippen LogP contribution is 2.43. The van der Waals surface area contributed by atoms with Crippen molar-refractivity contribution in [2.45, 2.75) is 65.1 Å². The van der Waals surface area contributed by atoms with Gasteiger partial charge < -0.3 is 8.97 Å². The standard InChI is InChI=1S/C21H32N2O2Si/c1-8-25-21(24)20-11-9-10-19(22-20)18-12-13-23(14-18)26(15(2)3,16(4)5)17(6)7/h9-17H,8H2,1-7H3. The van der Waals surface area contributed by atoms with Crippen molar-refractivity contribution < 1.29 is 9.53 Å². The van der Waals surface area contributed by atoms with Gasteiger partial charge in [-0.05, 0) is 47.9 Å². The first-order valence-corrected chi connectivity index (χ1v) is 11.8. The van der Waals surface area contributed by atoms with E-state index in [1.54, 1.807) is 13.0 Å². The molecule has 0 bridgehead atoms. The number of carbonyl (C=O) groups excluding carboxylic acids is 1. The van der Waals surface area contributed by atoms with Gasteiger partial charge in [0, 0.05) is 11.8 Å². The van der Waals surface area contributed by atoms with Crippen LogP contribution in [0.4, 0.5) is 0 Å². The molecule has 0 aliphatic rings. The normalized spacial score (nSPS) is 12.2. The first kappa shape index (κ1) is 20.4. The molecule has 2 heterocycles. The monoisotopic (exact) mass is 372 g/mol. The minimum absolute atomic E-state index is 0.354. The summed E-state index contributed by atoms with van der Waals surface area (Å²) in [6.45, 7) is 16.3. The zero-order valence-corrected chi connectivity index (χ0v) is 18.1. The second-order valence-corrected chi connectivity index (χ2v) is 13.5. The van der Waals surface area contributed by atoms with Crippen molar-refractivity contribution in [3.63, 3.8) is 0 Å². The van der Waals surface area contributed by atoms with Gasteiger partial charge in [0.05, 0.1) is 12.3 Å². The number of nitrogens with zero attached hydrogens (tertiary/aromatic N) is 2. The third kappa shape index (κ3) is 3.63. The van der Waals surface area contributed by atoms with E-state index in [0.29, 0.717) is 28.9 Å². The molecule has 2 aromatic rings. The number of rotatable bonds is 7. The fourth-order valence-corrected chi connectivity index (χ4v) is 11.1. The first-order valence-electron chi connectivity index (χ1n) is 9.58. The fourth-order valence-electron chi connectivity index (χ4n) is 4.60. The molecule has 2 rings (SSSR count). The van der Waals surface area contributed by atoms with Crippen LogP contribution in [0.1, 0.15) is 59.0 Å². The van der Waals surface area contributed by atoms with Gasteiger partial charge in [-0.15, -0.1) is 0 Å². The maximum absolute atomic E-state index is 12.0. The number of esters is 1. The van der Waals surface area contributed by atoms with E-state index >= 15 is 0 Å². The second kappa shape index (κ2) is 8.21. The van der Waals surface area contributed by atoms with E-state index in [0.717, 1.165) is 11.3 Å². The molecule has 0 amide bonds. The molecule has 5 heteroatoms. The summed E-state index contributed by atoms with van der Waals surface area (Å²) in [6.07, 6.45) is 4.43. The summed E-state index contributed by atoms with van der Waals surface area (Å²) >= 11 is 0. The lowest BCUT2D eigenvalue weighted by Crippen LogP contribution is -2.51. The average molecular weight is 373 g/mol. The quantitative estimate of drug-likeness (QED) is 0.459. The third-order valence-electron chi connectivity index (χ3n) is 5.44. The molecule has 0 saturated heterocycles. The Bertz CT molecular complexity index is 728. The number of hydrogen-bond donors (Lipinski definition) is 0. The van der Waals surface area contributed by atoms with Crippen LogP contribution in [0.3, 0.4) is 0 Å². The van der Waals surface area contributed by atoms with Crippen molar-refractivity contribution in [2.75, 3.05) is 6.61 Å². The van der Waals surface area contributed by atoms with Gasteiger partial charge in [-0.2, -0.15) is 0 Å². The maximum Gasteiger partial charge on any atom is 0.356 e.